The Morgan fingerprint density at radius 2 is 2.14 bits per heavy atom. The molecule has 0 radical (unpaired) electrons. The number of hydrogen-bond acceptors (Lipinski definition) is 2. The average molecular weight is 184 g/mol. The summed E-state index contributed by atoms with van der Waals surface area (Å²) in [4.78, 5) is 8.26. The fraction of sp³-hybridized carbons (Fsp3) is 0.333. The average Bonchev–Trinajstić information content (AvgIpc) is 2.15. The van der Waals surface area contributed by atoms with Gasteiger partial charge < -0.3 is 0 Å². The van der Waals surface area contributed by atoms with E-state index < -0.39 is 0 Å². The van der Waals surface area contributed by atoms with Crippen molar-refractivity contribution in [2.75, 3.05) is 0 Å². The van der Waals surface area contributed by atoms with Crippen molar-refractivity contribution in [2.45, 2.75) is 25.2 Å². The van der Waals surface area contributed by atoms with Crippen molar-refractivity contribution in [1.82, 2.24) is 9.97 Å². The Kier molecular flexibility index (Phi) is 1.72. The maximum Gasteiger partial charge on any atom is 0.116 e. The standard InChI is InChI=1S/C12H12N2/c1-2-9(3-1)10-4-5-12-11(6-10)7-13-8-14-12/h4-9H,1-3H2. The normalized spacial score (nSPS) is 16.9. The molecule has 1 heterocycles. The van der Waals surface area contributed by atoms with Gasteiger partial charge in [0, 0.05) is 11.6 Å². The lowest BCUT2D eigenvalue weighted by Crippen LogP contribution is -2.08. The van der Waals surface area contributed by atoms with Crippen molar-refractivity contribution in [3.05, 3.63) is 36.3 Å². The van der Waals surface area contributed by atoms with Gasteiger partial charge in [-0.1, -0.05) is 12.5 Å². The summed E-state index contributed by atoms with van der Waals surface area (Å²) in [6, 6.07) is 6.54. The first-order chi connectivity index (χ1) is 6.93. The highest BCUT2D eigenvalue weighted by Crippen LogP contribution is 2.36. The minimum Gasteiger partial charge on any atom is -0.244 e. The number of aromatic nitrogens is 2. The van der Waals surface area contributed by atoms with Gasteiger partial charge in [-0.15, -0.1) is 0 Å². The molecule has 14 heavy (non-hydrogen) atoms. The van der Waals surface area contributed by atoms with Gasteiger partial charge in [-0.3, -0.25) is 0 Å². The topological polar surface area (TPSA) is 25.8 Å². The third-order valence-corrected chi connectivity index (χ3v) is 3.11. The van der Waals surface area contributed by atoms with Gasteiger partial charge in [-0.2, -0.15) is 0 Å². The lowest BCUT2D eigenvalue weighted by Gasteiger charge is -2.25. The molecule has 1 saturated carbocycles. The van der Waals surface area contributed by atoms with Crippen LogP contribution in [-0.2, 0) is 0 Å². The van der Waals surface area contributed by atoms with Crippen molar-refractivity contribution in [2.24, 2.45) is 0 Å². The first kappa shape index (κ1) is 7.92. The van der Waals surface area contributed by atoms with Crippen LogP contribution in [-0.4, -0.2) is 9.97 Å². The molecule has 1 aromatic carbocycles. The van der Waals surface area contributed by atoms with E-state index in [1.54, 1.807) is 6.33 Å². The maximum absolute atomic E-state index is 4.21. The maximum atomic E-state index is 4.21. The number of hydrogen-bond donors (Lipinski definition) is 0. The van der Waals surface area contributed by atoms with Crippen molar-refractivity contribution in [1.29, 1.82) is 0 Å². The zero-order valence-electron chi connectivity index (χ0n) is 7.98. The molecule has 0 spiro atoms. The van der Waals surface area contributed by atoms with Crippen LogP contribution in [0.25, 0.3) is 10.9 Å². The fourth-order valence-electron chi connectivity index (χ4n) is 2.00. The molecule has 70 valence electrons. The number of benzene rings is 1. The van der Waals surface area contributed by atoms with Gasteiger partial charge in [-0.05, 0) is 36.5 Å². The lowest BCUT2D eigenvalue weighted by atomic mass is 9.80. The fourth-order valence-corrected chi connectivity index (χ4v) is 2.00. The molecule has 1 aromatic heterocycles. The second-order valence-corrected chi connectivity index (χ2v) is 3.97. The smallest absolute Gasteiger partial charge is 0.116 e. The van der Waals surface area contributed by atoms with E-state index in [1.165, 1.54) is 24.8 Å². The zero-order chi connectivity index (χ0) is 9.38. The first-order valence-electron chi connectivity index (χ1n) is 5.13. The van der Waals surface area contributed by atoms with Gasteiger partial charge in [0.05, 0.1) is 5.52 Å². The van der Waals surface area contributed by atoms with Gasteiger partial charge >= 0.3 is 0 Å². The molecule has 0 bridgehead atoms. The molecule has 0 saturated heterocycles. The predicted octanol–water partition coefficient (Wildman–Crippen LogP) is 2.90. The third-order valence-electron chi connectivity index (χ3n) is 3.11. The molecule has 1 aliphatic carbocycles. The molecule has 2 heteroatoms. The highest BCUT2D eigenvalue weighted by Gasteiger charge is 2.19. The molecule has 0 N–H and O–H groups in total. The summed E-state index contributed by atoms with van der Waals surface area (Å²) in [7, 11) is 0. The second-order valence-electron chi connectivity index (χ2n) is 3.97. The predicted molar refractivity (Wildman–Crippen MR) is 56.1 cm³/mol. The van der Waals surface area contributed by atoms with Crippen LogP contribution in [0.3, 0.4) is 0 Å². The van der Waals surface area contributed by atoms with Crippen molar-refractivity contribution in [3.8, 4) is 0 Å². The Morgan fingerprint density at radius 3 is 2.93 bits per heavy atom. The summed E-state index contributed by atoms with van der Waals surface area (Å²) in [5.41, 5.74) is 2.50. The van der Waals surface area contributed by atoms with Crippen LogP contribution in [0.2, 0.25) is 0 Å². The van der Waals surface area contributed by atoms with Crippen LogP contribution in [0, 0.1) is 0 Å². The summed E-state index contributed by atoms with van der Waals surface area (Å²) in [5, 5.41) is 1.16. The van der Waals surface area contributed by atoms with Gasteiger partial charge in [0.15, 0.2) is 0 Å². The van der Waals surface area contributed by atoms with Crippen LogP contribution < -0.4 is 0 Å². The van der Waals surface area contributed by atoms with Gasteiger partial charge in [-0.25, -0.2) is 9.97 Å². The van der Waals surface area contributed by atoms with Crippen LogP contribution in [0.15, 0.2) is 30.7 Å². The monoisotopic (exact) mass is 184 g/mol. The van der Waals surface area contributed by atoms with Gasteiger partial charge in [0.1, 0.15) is 6.33 Å². The Balaban J connectivity index is 2.10. The number of fused-ring (bicyclic) bond motifs is 1. The van der Waals surface area contributed by atoms with Crippen LogP contribution >= 0.6 is 0 Å². The molecule has 3 rings (SSSR count). The van der Waals surface area contributed by atoms with Crippen molar-refractivity contribution < 1.29 is 0 Å². The summed E-state index contributed by atoms with van der Waals surface area (Å²) in [5.74, 6) is 0.791. The molecule has 2 aromatic rings. The number of nitrogens with zero attached hydrogens (tertiary/aromatic N) is 2. The van der Waals surface area contributed by atoms with Crippen LogP contribution in [0.1, 0.15) is 30.7 Å². The second kappa shape index (κ2) is 3.05. The van der Waals surface area contributed by atoms with Crippen LogP contribution in [0.4, 0.5) is 0 Å². The minimum absolute atomic E-state index is 0.791. The Labute approximate surface area is 83.0 Å². The van der Waals surface area contributed by atoms with E-state index in [4.69, 9.17) is 0 Å². The molecule has 2 nitrogen and oxygen atoms in total. The first-order valence-corrected chi connectivity index (χ1v) is 5.13. The molecule has 0 atom stereocenters. The molecule has 0 amide bonds. The molecular formula is C12H12N2. The van der Waals surface area contributed by atoms with E-state index in [0.29, 0.717) is 0 Å². The summed E-state index contributed by atoms with van der Waals surface area (Å²) >= 11 is 0. The van der Waals surface area contributed by atoms with Gasteiger partial charge in [0.2, 0.25) is 0 Å². The largest absolute Gasteiger partial charge is 0.244 e. The van der Waals surface area contributed by atoms with E-state index in [2.05, 4.69) is 28.2 Å². The zero-order valence-corrected chi connectivity index (χ0v) is 7.98. The van der Waals surface area contributed by atoms with E-state index >= 15 is 0 Å². The summed E-state index contributed by atoms with van der Waals surface area (Å²) in [6.45, 7) is 0. The number of rotatable bonds is 1. The molecule has 1 aliphatic rings. The Hall–Kier alpha value is -1.44. The molecular weight excluding hydrogens is 172 g/mol. The Morgan fingerprint density at radius 1 is 1.21 bits per heavy atom. The third kappa shape index (κ3) is 1.18. The van der Waals surface area contributed by atoms with E-state index in [-0.39, 0.29) is 0 Å². The Bertz CT molecular complexity index is 461. The van der Waals surface area contributed by atoms with E-state index in [9.17, 15) is 0 Å². The summed E-state index contributed by atoms with van der Waals surface area (Å²) in [6.07, 6.45) is 7.57. The van der Waals surface area contributed by atoms with Crippen LogP contribution in [0.5, 0.6) is 0 Å². The van der Waals surface area contributed by atoms with Gasteiger partial charge in [0.25, 0.3) is 0 Å². The lowest BCUT2D eigenvalue weighted by molar-refractivity contribution is 0.420. The summed E-state index contributed by atoms with van der Waals surface area (Å²) < 4.78 is 0. The molecule has 0 aliphatic heterocycles. The minimum atomic E-state index is 0.791. The van der Waals surface area contributed by atoms with E-state index in [0.717, 1.165) is 16.8 Å². The van der Waals surface area contributed by atoms with Crippen molar-refractivity contribution in [3.63, 3.8) is 0 Å². The quantitative estimate of drug-likeness (QED) is 0.681. The highest BCUT2D eigenvalue weighted by atomic mass is 14.8. The molecule has 0 unspecified atom stereocenters. The highest BCUT2D eigenvalue weighted by molar-refractivity contribution is 5.78. The van der Waals surface area contributed by atoms with Crippen molar-refractivity contribution >= 4 is 10.9 Å². The SMILES string of the molecule is c1ncc2cc(C3CCC3)ccc2n1. The van der Waals surface area contributed by atoms with E-state index in [1.807, 2.05) is 6.20 Å². The molecule has 1 fully saturated rings.